The Morgan fingerprint density at radius 1 is 0.704 bits per heavy atom. The van der Waals surface area contributed by atoms with E-state index in [-0.39, 0.29) is 51.0 Å². The van der Waals surface area contributed by atoms with Gasteiger partial charge in [-0.2, -0.15) is 23.1 Å². The number of halogens is 2. The van der Waals surface area contributed by atoms with Gasteiger partial charge in [0, 0.05) is 0 Å². The Hall–Kier alpha value is -1.53. The standard InChI is InChI=1S/C15H11.C9H7.2ClH.Zr/c1-2-6-12(7-3-1)15-11-10-13-8-4-5-9-14(13)15;1-2-5-9-7-3-6-8(9)4-1;;;/h1-10,15H;1-7H;2*1H;/q2*-1;;;+4/p-2. The molecule has 1 aliphatic carbocycles. The van der Waals surface area contributed by atoms with Crippen LogP contribution in [-0.4, -0.2) is 0 Å². The number of benzene rings is 3. The molecular weight excluding hydrogens is 450 g/mol. The van der Waals surface area contributed by atoms with Crippen LogP contribution in [0, 0.1) is 6.08 Å². The van der Waals surface area contributed by atoms with Gasteiger partial charge >= 0.3 is 26.2 Å². The summed E-state index contributed by atoms with van der Waals surface area (Å²) in [6, 6.07) is 33.7. The van der Waals surface area contributed by atoms with Crippen molar-refractivity contribution in [3.05, 3.63) is 120 Å². The van der Waals surface area contributed by atoms with Crippen LogP contribution in [0.25, 0.3) is 16.8 Å². The van der Waals surface area contributed by atoms with E-state index < -0.39 is 0 Å². The minimum absolute atomic E-state index is 0. The van der Waals surface area contributed by atoms with Gasteiger partial charge in [-0.1, -0.05) is 66.1 Å². The second kappa shape index (κ2) is 11.3. The summed E-state index contributed by atoms with van der Waals surface area (Å²) in [6.07, 6.45) is 5.50. The molecule has 0 nitrogen and oxygen atoms in total. The first-order chi connectivity index (χ1) is 11.9. The molecule has 4 aromatic carbocycles. The Morgan fingerprint density at radius 2 is 1.37 bits per heavy atom. The zero-order chi connectivity index (χ0) is 16.2. The Labute approximate surface area is 192 Å². The van der Waals surface area contributed by atoms with Gasteiger partial charge in [0.2, 0.25) is 0 Å². The number of allylic oxidation sites excluding steroid dienone is 1. The van der Waals surface area contributed by atoms with E-state index in [0.29, 0.717) is 5.92 Å². The number of rotatable bonds is 1. The predicted molar refractivity (Wildman–Crippen MR) is 102 cm³/mol. The third-order valence-electron chi connectivity index (χ3n) is 4.39. The van der Waals surface area contributed by atoms with Crippen molar-refractivity contribution in [3.8, 4) is 0 Å². The summed E-state index contributed by atoms with van der Waals surface area (Å²) in [5, 5.41) is 2.66. The fourth-order valence-electron chi connectivity index (χ4n) is 3.16. The first kappa shape index (κ1) is 23.5. The van der Waals surface area contributed by atoms with Crippen molar-refractivity contribution in [3.63, 3.8) is 0 Å². The molecule has 0 radical (unpaired) electrons. The zero-order valence-electron chi connectivity index (χ0n) is 14.6. The van der Waals surface area contributed by atoms with E-state index in [4.69, 9.17) is 0 Å². The quantitative estimate of drug-likeness (QED) is 0.351. The molecule has 27 heavy (non-hydrogen) atoms. The first-order valence-electron chi connectivity index (χ1n) is 8.25. The van der Waals surface area contributed by atoms with Crippen LogP contribution in [0.15, 0.2) is 97.1 Å². The van der Waals surface area contributed by atoms with Gasteiger partial charge in [0.05, 0.1) is 0 Å². The van der Waals surface area contributed by atoms with Gasteiger partial charge in [-0.25, -0.2) is 6.08 Å². The minimum Gasteiger partial charge on any atom is -1.00 e. The molecule has 0 saturated carbocycles. The molecule has 0 spiro atoms. The summed E-state index contributed by atoms with van der Waals surface area (Å²) in [7, 11) is 0. The maximum absolute atomic E-state index is 3.41. The van der Waals surface area contributed by atoms with Gasteiger partial charge in [0.15, 0.2) is 0 Å². The topological polar surface area (TPSA) is 0 Å². The van der Waals surface area contributed by atoms with E-state index in [1.165, 1.54) is 27.5 Å². The van der Waals surface area contributed by atoms with Crippen LogP contribution < -0.4 is 24.8 Å². The maximum Gasteiger partial charge on any atom is 4.00 e. The van der Waals surface area contributed by atoms with Gasteiger partial charge in [0.1, 0.15) is 0 Å². The smallest absolute Gasteiger partial charge is 1.00 e. The molecule has 0 aliphatic heterocycles. The van der Waals surface area contributed by atoms with Crippen LogP contribution in [0.3, 0.4) is 0 Å². The summed E-state index contributed by atoms with van der Waals surface area (Å²) in [6.45, 7) is 0. The molecule has 0 amide bonds. The van der Waals surface area contributed by atoms with E-state index in [9.17, 15) is 0 Å². The van der Waals surface area contributed by atoms with E-state index >= 15 is 0 Å². The molecule has 5 rings (SSSR count). The van der Waals surface area contributed by atoms with E-state index in [1.54, 1.807) is 0 Å². The van der Waals surface area contributed by atoms with Gasteiger partial charge in [-0.05, 0) is 0 Å². The van der Waals surface area contributed by atoms with Crippen molar-refractivity contribution >= 4 is 16.8 Å². The third-order valence-corrected chi connectivity index (χ3v) is 4.39. The number of hydrogen-bond acceptors (Lipinski definition) is 0. The average molecular weight is 469 g/mol. The first-order valence-corrected chi connectivity index (χ1v) is 8.25. The summed E-state index contributed by atoms with van der Waals surface area (Å²) < 4.78 is 0. The molecule has 0 N–H and O–H groups in total. The minimum atomic E-state index is 0. The normalized spacial score (nSPS) is 13.3. The molecule has 0 bridgehead atoms. The van der Waals surface area contributed by atoms with Crippen LogP contribution in [0.1, 0.15) is 22.6 Å². The molecule has 0 aromatic heterocycles. The molecule has 1 aliphatic rings. The zero-order valence-corrected chi connectivity index (χ0v) is 18.6. The molecule has 4 aromatic rings. The molecule has 1 atom stereocenters. The molecule has 1 unspecified atom stereocenters. The molecular formula is C24H18Cl2Zr. The Balaban J connectivity index is 0.000000266. The van der Waals surface area contributed by atoms with Crippen molar-refractivity contribution in [2.24, 2.45) is 0 Å². The second-order valence-electron chi connectivity index (χ2n) is 5.94. The number of fused-ring (bicyclic) bond motifs is 2. The fraction of sp³-hybridized carbons (Fsp3) is 0.0417. The Bertz CT molecular complexity index is 944. The van der Waals surface area contributed by atoms with Crippen molar-refractivity contribution in [1.29, 1.82) is 0 Å². The molecule has 3 heteroatoms. The Morgan fingerprint density at radius 3 is 2.15 bits per heavy atom. The largest absolute Gasteiger partial charge is 4.00 e. The summed E-state index contributed by atoms with van der Waals surface area (Å²) >= 11 is 0. The van der Waals surface area contributed by atoms with Crippen LogP contribution in [0.4, 0.5) is 0 Å². The molecule has 0 heterocycles. The van der Waals surface area contributed by atoms with Crippen LogP contribution in [0.5, 0.6) is 0 Å². The third kappa shape index (κ3) is 5.48. The van der Waals surface area contributed by atoms with Crippen molar-refractivity contribution in [2.45, 2.75) is 5.92 Å². The second-order valence-corrected chi connectivity index (χ2v) is 5.94. The van der Waals surface area contributed by atoms with Gasteiger partial charge < -0.3 is 24.8 Å². The van der Waals surface area contributed by atoms with Gasteiger partial charge in [-0.3, -0.25) is 6.08 Å². The van der Waals surface area contributed by atoms with Gasteiger partial charge in [0.25, 0.3) is 0 Å². The van der Waals surface area contributed by atoms with Crippen molar-refractivity contribution < 1.29 is 51.0 Å². The number of hydrogen-bond donors (Lipinski definition) is 0. The van der Waals surface area contributed by atoms with Crippen LogP contribution in [-0.2, 0) is 26.2 Å². The average Bonchev–Trinajstić information content (AvgIpc) is 3.30. The van der Waals surface area contributed by atoms with Crippen LogP contribution in [0.2, 0.25) is 0 Å². The van der Waals surface area contributed by atoms with Crippen LogP contribution >= 0.6 is 0 Å². The predicted octanol–water partition coefficient (Wildman–Crippen LogP) is 0.213. The Kier molecular flexibility index (Phi) is 9.88. The molecule has 132 valence electrons. The summed E-state index contributed by atoms with van der Waals surface area (Å²) in [5.41, 5.74) is 3.98. The van der Waals surface area contributed by atoms with E-state index in [0.717, 1.165) is 0 Å². The van der Waals surface area contributed by atoms with Crippen molar-refractivity contribution in [1.82, 2.24) is 0 Å². The fourth-order valence-corrected chi connectivity index (χ4v) is 3.16. The summed E-state index contributed by atoms with van der Waals surface area (Å²) in [5.74, 6) is 0.322. The maximum atomic E-state index is 3.41. The van der Waals surface area contributed by atoms with Crippen molar-refractivity contribution in [2.75, 3.05) is 0 Å². The van der Waals surface area contributed by atoms with Gasteiger partial charge in [-0.15, -0.1) is 41.3 Å². The SMILES string of the molecule is [C-]1=Cc2ccccc2C1c1ccccc1.[Cl-].[Cl-].[Zr+4].c1ccc2[cH-]ccc2c1. The summed E-state index contributed by atoms with van der Waals surface area (Å²) in [4.78, 5) is 0. The molecule has 0 fully saturated rings. The monoisotopic (exact) mass is 466 g/mol. The van der Waals surface area contributed by atoms with E-state index in [2.05, 4.69) is 103 Å². The molecule has 0 saturated heterocycles. The van der Waals surface area contributed by atoms with E-state index in [1.807, 2.05) is 6.07 Å².